The first-order valence-electron chi connectivity index (χ1n) is 8.42. The van der Waals surface area contributed by atoms with Gasteiger partial charge in [-0.25, -0.2) is 13.4 Å². The zero-order valence-electron chi connectivity index (χ0n) is 14.6. The maximum atomic E-state index is 12.5. The molecule has 1 aliphatic rings. The number of nitrogens with one attached hydrogen (secondary N) is 3. The largest absolute Gasteiger partial charge is 0.494 e. The maximum Gasteiger partial charge on any atom is 0.287 e. The Bertz CT molecular complexity index is 927. The topological polar surface area (TPSA) is 130 Å². The monoisotopic (exact) mass is 392 g/mol. The molecular formula is C17H20N4O5S. The van der Waals surface area contributed by atoms with E-state index < -0.39 is 33.7 Å². The summed E-state index contributed by atoms with van der Waals surface area (Å²) in [6.45, 7) is 2.30. The second-order valence-corrected chi connectivity index (χ2v) is 8.29. The number of ether oxygens (including phenoxy) is 1. The molecule has 1 fully saturated rings. The van der Waals surface area contributed by atoms with E-state index in [0.717, 1.165) is 0 Å². The molecule has 1 aliphatic heterocycles. The molecule has 0 saturated carbocycles. The number of rotatable bonds is 6. The van der Waals surface area contributed by atoms with Crippen LogP contribution in [0.1, 0.15) is 27.9 Å². The van der Waals surface area contributed by atoms with Crippen LogP contribution in [0.4, 0.5) is 0 Å². The van der Waals surface area contributed by atoms with Crippen LogP contribution in [-0.4, -0.2) is 60.4 Å². The lowest BCUT2D eigenvalue weighted by atomic mass is 10.1. The molecule has 1 aromatic heterocycles. The summed E-state index contributed by atoms with van der Waals surface area (Å²) >= 11 is 0. The third-order valence-corrected chi connectivity index (χ3v) is 5.84. The zero-order valence-corrected chi connectivity index (χ0v) is 15.5. The van der Waals surface area contributed by atoms with E-state index in [9.17, 15) is 18.0 Å². The van der Waals surface area contributed by atoms with E-state index in [1.54, 1.807) is 24.3 Å². The Morgan fingerprint density at radius 2 is 1.93 bits per heavy atom. The van der Waals surface area contributed by atoms with Crippen LogP contribution in [0.3, 0.4) is 0 Å². The summed E-state index contributed by atoms with van der Waals surface area (Å²) in [5, 5.41) is 5.33. The van der Waals surface area contributed by atoms with Crippen molar-refractivity contribution >= 4 is 21.7 Å². The number of aromatic nitrogens is 2. The van der Waals surface area contributed by atoms with Crippen LogP contribution in [0.25, 0.3) is 0 Å². The maximum absolute atomic E-state index is 12.5. The van der Waals surface area contributed by atoms with Gasteiger partial charge in [0, 0.05) is 18.0 Å². The molecule has 2 heterocycles. The Morgan fingerprint density at radius 3 is 2.56 bits per heavy atom. The van der Waals surface area contributed by atoms with Crippen molar-refractivity contribution < 1.29 is 22.7 Å². The lowest BCUT2D eigenvalue weighted by Gasteiger charge is -2.20. The third-order valence-electron chi connectivity index (χ3n) is 4.11. The van der Waals surface area contributed by atoms with Crippen molar-refractivity contribution in [1.82, 2.24) is 20.6 Å². The fraction of sp³-hybridized carbons (Fsp3) is 0.353. The van der Waals surface area contributed by atoms with Crippen LogP contribution < -0.4 is 15.4 Å². The van der Waals surface area contributed by atoms with Crippen molar-refractivity contribution in [3.8, 4) is 5.75 Å². The third kappa shape index (κ3) is 4.64. The van der Waals surface area contributed by atoms with E-state index in [-0.39, 0.29) is 17.3 Å². The lowest BCUT2D eigenvalue weighted by Crippen LogP contribution is -2.51. The summed E-state index contributed by atoms with van der Waals surface area (Å²) in [5.41, 5.74) is 0.348. The van der Waals surface area contributed by atoms with Gasteiger partial charge in [-0.1, -0.05) is 6.07 Å². The van der Waals surface area contributed by atoms with Gasteiger partial charge in [0.05, 0.1) is 30.2 Å². The Kier molecular flexibility index (Phi) is 5.45. The molecule has 2 amide bonds. The summed E-state index contributed by atoms with van der Waals surface area (Å²) in [7, 11) is -3.39. The van der Waals surface area contributed by atoms with E-state index in [2.05, 4.69) is 20.6 Å². The molecule has 1 aromatic carbocycles. The molecular weight excluding hydrogens is 372 g/mol. The average Bonchev–Trinajstić information content (AvgIpc) is 3.23. The number of sulfone groups is 1. The van der Waals surface area contributed by atoms with E-state index in [0.29, 0.717) is 17.9 Å². The van der Waals surface area contributed by atoms with Gasteiger partial charge in [-0.15, -0.1) is 0 Å². The highest BCUT2D eigenvalue weighted by Gasteiger charge is 2.39. The minimum atomic E-state index is -3.39. The molecule has 0 unspecified atom stereocenters. The minimum Gasteiger partial charge on any atom is -0.494 e. The number of benzene rings is 1. The predicted molar refractivity (Wildman–Crippen MR) is 97.4 cm³/mol. The van der Waals surface area contributed by atoms with Gasteiger partial charge >= 0.3 is 0 Å². The molecule has 0 radical (unpaired) electrons. The molecule has 2 atom stereocenters. The van der Waals surface area contributed by atoms with Gasteiger partial charge in [0.15, 0.2) is 15.7 Å². The molecule has 9 nitrogen and oxygen atoms in total. The number of aromatic amines is 1. The first-order valence-corrected chi connectivity index (χ1v) is 10.2. The quantitative estimate of drug-likeness (QED) is 0.641. The number of nitrogens with zero attached hydrogens (tertiary/aromatic N) is 1. The van der Waals surface area contributed by atoms with Crippen LogP contribution in [0, 0.1) is 0 Å². The average molecular weight is 392 g/mol. The van der Waals surface area contributed by atoms with Crippen LogP contribution >= 0.6 is 0 Å². The van der Waals surface area contributed by atoms with Gasteiger partial charge in [0.25, 0.3) is 11.8 Å². The van der Waals surface area contributed by atoms with Crippen molar-refractivity contribution in [1.29, 1.82) is 0 Å². The fourth-order valence-electron chi connectivity index (χ4n) is 2.90. The van der Waals surface area contributed by atoms with E-state index in [1.807, 2.05) is 6.92 Å². The summed E-state index contributed by atoms with van der Waals surface area (Å²) in [5.74, 6) is -0.827. The van der Waals surface area contributed by atoms with Gasteiger partial charge in [0.2, 0.25) is 0 Å². The smallest absolute Gasteiger partial charge is 0.287 e. The highest BCUT2D eigenvalue weighted by atomic mass is 32.2. The van der Waals surface area contributed by atoms with Crippen molar-refractivity contribution in [2.75, 3.05) is 18.1 Å². The summed E-state index contributed by atoms with van der Waals surface area (Å²) in [4.78, 5) is 31.2. The van der Waals surface area contributed by atoms with Crippen molar-refractivity contribution in [3.63, 3.8) is 0 Å². The Balaban J connectivity index is 1.72. The van der Waals surface area contributed by atoms with Crippen molar-refractivity contribution in [2.24, 2.45) is 0 Å². The molecule has 0 aliphatic carbocycles. The number of carbonyl (C=O) groups excluding carboxylic acids is 2. The number of hydrogen-bond donors (Lipinski definition) is 3. The first kappa shape index (κ1) is 18.9. The molecule has 2 aromatic rings. The molecule has 0 spiro atoms. The van der Waals surface area contributed by atoms with E-state index in [4.69, 9.17) is 4.74 Å². The summed E-state index contributed by atoms with van der Waals surface area (Å²) in [6, 6.07) is 5.12. The number of H-pyrrole nitrogens is 1. The normalized spacial score (nSPS) is 20.8. The van der Waals surface area contributed by atoms with Crippen LogP contribution in [-0.2, 0) is 9.84 Å². The molecule has 27 heavy (non-hydrogen) atoms. The van der Waals surface area contributed by atoms with Gasteiger partial charge in [0.1, 0.15) is 5.75 Å². The van der Waals surface area contributed by atoms with Crippen LogP contribution in [0.15, 0.2) is 36.7 Å². The van der Waals surface area contributed by atoms with Gasteiger partial charge < -0.3 is 20.4 Å². The Labute approximate surface area is 156 Å². The summed E-state index contributed by atoms with van der Waals surface area (Å²) in [6.07, 6.45) is 2.91. The van der Waals surface area contributed by atoms with Gasteiger partial charge in [-0.05, 0) is 25.1 Å². The second kappa shape index (κ2) is 7.78. The number of hydrogen-bond acceptors (Lipinski definition) is 6. The molecule has 10 heteroatoms. The minimum absolute atomic E-state index is 0.0776. The number of carbonyl (C=O) groups is 2. The molecule has 144 valence electrons. The molecule has 3 N–H and O–H groups in total. The standard InChI is InChI=1S/C17H20N4O5S/c1-2-26-12-5-3-4-11(8-12)16(22)20-13-9-27(24,25)10-14(13)21-17(23)15-18-6-7-19-15/h3-8,13-14H,2,9-10H2,1H3,(H,18,19)(H,20,22)(H,21,23)/t13-,14+/m0/s1. The molecule has 1 saturated heterocycles. The number of imidazole rings is 1. The van der Waals surface area contributed by atoms with Crippen molar-refractivity contribution in [3.05, 3.63) is 48.0 Å². The van der Waals surface area contributed by atoms with Crippen LogP contribution in [0.5, 0.6) is 5.75 Å². The van der Waals surface area contributed by atoms with E-state index in [1.165, 1.54) is 12.4 Å². The fourth-order valence-corrected chi connectivity index (χ4v) is 4.77. The Morgan fingerprint density at radius 1 is 1.22 bits per heavy atom. The number of amides is 2. The first-order chi connectivity index (χ1) is 12.9. The van der Waals surface area contributed by atoms with Gasteiger partial charge in [-0.2, -0.15) is 0 Å². The van der Waals surface area contributed by atoms with Crippen molar-refractivity contribution in [2.45, 2.75) is 19.0 Å². The molecule has 0 bridgehead atoms. The van der Waals surface area contributed by atoms with Gasteiger partial charge in [-0.3, -0.25) is 9.59 Å². The van der Waals surface area contributed by atoms with E-state index >= 15 is 0 Å². The Hall–Kier alpha value is -2.88. The zero-order chi connectivity index (χ0) is 19.4. The second-order valence-electron chi connectivity index (χ2n) is 6.14. The summed E-state index contributed by atoms with van der Waals surface area (Å²) < 4.78 is 29.4. The SMILES string of the molecule is CCOc1cccc(C(=O)N[C@H]2CS(=O)(=O)C[C@H]2NC(=O)c2ncc[nH]2)c1. The van der Waals surface area contributed by atoms with Crippen LogP contribution in [0.2, 0.25) is 0 Å². The molecule has 3 rings (SSSR count). The lowest BCUT2D eigenvalue weighted by molar-refractivity contribution is 0.0891. The highest BCUT2D eigenvalue weighted by molar-refractivity contribution is 7.91. The highest BCUT2D eigenvalue weighted by Crippen LogP contribution is 2.16. The predicted octanol–water partition coefficient (Wildman–Crippen LogP) is 0.134.